The van der Waals surface area contributed by atoms with Gasteiger partial charge in [0.1, 0.15) is 0 Å². The smallest absolute Gasteiger partial charge is 0.225 e. The minimum atomic E-state index is 0.00443. The van der Waals surface area contributed by atoms with Gasteiger partial charge in [0.15, 0.2) is 0 Å². The minimum absolute atomic E-state index is 0.00443. The van der Waals surface area contributed by atoms with Crippen LogP contribution in [0.5, 0.6) is 0 Å². The summed E-state index contributed by atoms with van der Waals surface area (Å²) < 4.78 is 0. The highest BCUT2D eigenvalue weighted by Gasteiger charge is 2.10. The number of carbonyl (C=O) groups is 1. The lowest BCUT2D eigenvalue weighted by Gasteiger charge is -2.25. The number of anilines is 1. The topological polar surface area (TPSA) is 52.6 Å². The lowest BCUT2D eigenvalue weighted by atomic mass is 10.2. The van der Waals surface area contributed by atoms with E-state index in [9.17, 15) is 4.79 Å². The summed E-state index contributed by atoms with van der Waals surface area (Å²) in [6, 6.07) is 9.76. The molecule has 0 radical (unpaired) electrons. The quantitative estimate of drug-likeness (QED) is 0.774. The predicted octanol–water partition coefficient (Wildman–Crippen LogP) is 1.72. The molecule has 1 rings (SSSR count). The molecular formula is C14H22N2O2. The van der Waals surface area contributed by atoms with Gasteiger partial charge in [-0.05, 0) is 26.0 Å². The van der Waals surface area contributed by atoms with Crippen LogP contribution in [-0.2, 0) is 4.79 Å². The largest absolute Gasteiger partial charge is 0.395 e. The third kappa shape index (κ3) is 5.29. The molecule has 0 heterocycles. The number of nitrogens with one attached hydrogen (secondary N) is 1. The summed E-state index contributed by atoms with van der Waals surface area (Å²) in [5.41, 5.74) is 0.820. The molecule has 1 aromatic rings. The van der Waals surface area contributed by atoms with E-state index in [1.165, 1.54) is 0 Å². The number of aliphatic hydroxyl groups excluding tert-OH is 1. The summed E-state index contributed by atoms with van der Waals surface area (Å²) in [7, 11) is 0. The first kappa shape index (κ1) is 14.7. The fourth-order valence-electron chi connectivity index (χ4n) is 1.75. The maximum absolute atomic E-state index is 11.7. The van der Waals surface area contributed by atoms with E-state index in [-0.39, 0.29) is 12.5 Å². The lowest BCUT2D eigenvalue weighted by molar-refractivity contribution is -0.116. The minimum Gasteiger partial charge on any atom is -0.395 e. The number of amides is 1. The lowest BCUT2D eigenvalue weighted by Crippen LogP contribution is -2.35. The first-order chi connectivity index (χ1) is 8.63. The number of para-hydroxylation sites is 1. The molecule has 0 aliphatic heterocycles. The Bertz CT molecular complexity index is 352. The number of benzene rings is 1. The summed E-state index contributed by atoms with van der Waals surface area (Å²) >= 11 is 0. The Morgan fingerprint density at radius 1 is 1.28 bits per heavy atom. The van der Waals surface area contributed by atoms with Crippen molar-refractivity contribution >= 4 is 11.6 Å². The van der Waals surface area contributed by atoms with Crippen LogP contribution < -0.4 is 5.32 Å². The van der Waals surface area contributed by atoms with Crippen LogP contribution in [0.15, 0.2) is 30.3 Å². The second kappa shape index (κ2) is 7.84. The molecule has 18 heavy (non-hydrogen) atoms. The fourth-order valence-corrected chi connectivity index (χ4v) is 1.75. The molecule has 1 amide bonds. The maximum atomic E-state index is 11.7. The van der Waals surface area contributed by atoms with Crippen molar-refractivity contribution in [2.24, 2.45) is 0 Å². The first-order valence-electron chi connectivity index (χ1n) is 6.33. The monoisotopic (exact) mass is 250 g/mol. The number of aliphatic hydroxyl groups is 1. The molecule has 1 aromatic carbocycles. The van der Waals surface area contributed by atoms with Gasteiger partial charge >= 0.3 is 0 Å². The van der Waals surface area contributed by atoms with Crippen molar-refractivity contribution in [2.45, 2.75) is 26.3 Å². The van der Waals surface area contributed by atoms with Crippen LogP contribution in [-0.4, -0.2) is 41.7 Å². The van der Waals surface area contributed by atoms with Crippen LogP contribution in [0.2, 0.25) is 0 Å². The SMILES string of the molecule is CC(C)N(CCO)CCC(=O)Nc1ccccc1. The van der Waals surface area contributed by atoms with Gasteiger partial charge in [-0.3, -0.25) is 9.69 Å². The highest BCUT2D eigenvalue weighted by molar-refractivity contribution is 5.90. The number of carbonyl (C=O) groups excluding carboxylic acids is 1. The Kier molecular flexibility index (Phi) is 6.39. The number of rotatable bonds is 7. The van der Waals surface area contributed by atoms with Gasteiger partial charge in [-0.1, -0.05) is 18.2 Å². The highest BCUT2D eigenvalue weighted by Crippen LogP contribution is 2.06. The van der Waals surface area contributed by atoms with Crippen molar-refractivity contribution in [3.63, 3.8) is 0 Å². The van der Waals surface area contributed by atoms with E-state index in [2.05, 4.69) is 24.1 Å². The number of nitrogens with zero attached hydrogens (tertiary/aromatic N) is 1. The molecule has 0 fully saturated rings. The third-order valence-corrected chi connectivity index (χ3v) is 2.80. The van der Waals surface area contributed by atoms with Crippen LogP contribution >= 0.6 is 0 Å². The summed E-state index contributed by atoms with van der Waals surface area (Å²) in [6.07, 6.45) is 0.438. The average Bonchev–Trinajstić information content (AvgIpc) is 2.35. The van der Waals surface area contributed by atoms with Crippen LogP contribution in [0.4, 0.5) is 5.69 Å². The molecule has 4 heteroatoms. The van der Waals surface area contributed by atoms with Crippen molar-refractivity contribution < 1.29 is 9.90 Å². The number of hydrogen-bond acceptors (Lipinski definition) is 3. The number of hydrogen-bond donors (Lipinski definition) is 2. The molecule has 0 aliphatic rings. The van der Waals surface area contributed by atoms with E-state index >= 15 is 0 Å². The molecule has 0 saturated carbocycles. The predicted molar refractivity (Wildman–Crippen MR) is 73.5 cm³/mol. The van der Waals surface area contributed by atoms with Crippen LogP contribution in [0, 0.1) is 0 Å². The second-order valence-electron chi connectivity index (χ2n) is 4.52. The van der Waals surface area contributed by atoms with Gasteiger partial charge in [-0.2, -0.15) is 0 Å². The van der Waals surface area contributed by atoms with Gasteiger partial charge in [-0.15, -0.1) is 0 Å². The summed E-state index contributed by atoms with van der Waals surface area (Å²) in [5, 5.41) is 11.8. The van der Waals surface area contributed by atoms with Crippen LogP contribution in [0.25, 0.3) is 0 Å². The Morgan fingerprint density at radius 3 is 2.50 bits per heavy atom. The van der Waals surface area contributed by atoms with Crippen molar-refractivity contribution in [3.8, 4) is 0 Å². The van der Waals surface area contributed by atoms with Crippen LogP contribution in [0.3, 0.4) is 0 Å². The average molecular weight is 250 g/mol. The summed E-state index contributed by atoms with van der Waals surface area (Å²) in [5.74, 6) is 0.00443. The van der Waals surface area contributed by atoms with E-state index in [4.69, 9.17) is 5.11 Å². The van der Waals surface area contributed by atoms with E-state index in [0.717, 1.165) is 5.69 Å². The zero-order valence-corrected chi connectivity index (χ0v) is 11.1. The molecule has 100 valence electrons. The molecule has 0 saturated heterocycles. The molecule has 0 atom stereocenters. The first-order valence-corrected chi connectivity index (χ1v) is 6.33. The molecule has 0 bridgehead atoms. The van der Waals surface area contributed by atoms with Gasteiger partial charge in [0.05, 0.1) is 6.61 Å². The molecule has 0 unspecified atom stereocenters. The van der Waals surface area contributed by atoms with Gasteiger partial charge in [0.25, 0.3) is 0 Å². The zero-order valence-electron chi connectivity index (χ0n) is 11.1. The molecule has 4 nitrogen and oxygen atoms in total. The molecular weight excluding hydrogens is 228 g/mol. The van der Waals surface area contributed by atoms with Crippen molar-refractivity contribution in [3.05, 3.63) is 30.3 Å². The highest BCUT2D eigenvalue weighted by atomic mass is 16.3. The van der Waals surface area contributed by atoms with Crippen molar-refractivity contribution in [2.75, 3.05) is 25.0 Å². The standard InChI is InChI=1S/C14H22N2O2/c1-12(2)16(10-11-17)9-8-14(18)15-13-6-4-3-5-7-13/h3-7,12,17H,8-11H2,1-2H3,(H,15,18). The summed E-state index contributed by atoms with van der Waals surface area (Å²) in [6.45, 7) is 5.52. The van der Waals surface area contributed by atoms with E-state index < -0.39 is 0 Å². The Hall–Kier alpha value is -1.39. The van der Waals surface area contributed by atoms with Crippen molar-refractivity contribution in [1.29, 1.82) is 0 Å². The third-order valence-electron chi connectivity index (χ3n) is 2.80. The Morgan fingerprint density at radius 2 is 1.94 bits per heavy atom. The van der Waals surface area contributed by atoms with E-state index in [0.29, 0.717) is 25.6 Å². The zero-order chi connectivity index (χ0) is 13.4. The van der Waals surface area contributed by atoms with Gasteiger partial charge in [0.2, 0.25) is 5.91 Å². The van der Waals surface area contributed by atoms with E-state index in [1.807, 2.05) is 30.3 Å². The molecule has 0 aromatic heterocycles. The van der Waals surface area contributed by atoms with Gasteiger partial charge in [0, 0.05) is 31.2 Å². The molecule has 2 N–H and O–H groups in total. The Balaban J connectivity index is 2.36. The second-order valence-corrected chi connectivity index (χ2v) is 4.52. The maximum Gasteiger partial charge on any atom is 0.225 e. The molecule has 0 aliphatic carbocycles. The van der Waals surface area contributed by atoms with Gasteiger partial charge < -0.3 is 10.4 Å². The van der Waals surface area contributed by atoms with E-state index in [1.54, 1.807) is 0 Å². The normalized spacial score (nSPS) is 10.9. The van der Waals surface area contributed by atoms with Crippen molar-refractivity contribution in [1.82, 2.24) is 4.90 Å². The molecule has 0 spiro atoms. The van der Waals surface area contributed by atoms with Crippen LogP contribution in [0.1, 0.15) is 20.3 Å². The Labute approximate surface area is 109 Å². The van der Waals surface area contributed by atoms with Gasteiger partial charge in [-0.25, -0.2) is 0 Å². The fraction of sp³-hybridized carbons (Fsp3) is 0.500. The summed E-state index contributed by atoms with van der Waals surface area (Å²) in [4.78, 5) is 13.8.